The summed E-state index contributed by atoms with van der Waals surface area (Å²) in [5.41, 5.74) is 0. The van der Waals surface area contributed by atoms with Crippen LogP contribution in [0, 0.1) is 0 Å². The molecular weight excluding hydrogens is 300 g/mol. The second kappa shape index (κ2) is 10.1. The summed E-state index contributed by atoms with van der Waals surface area (Å²) < 4.78 is 26.5. The van der Waals surface area contributed by atoms with E-state index in [-0.39, 0.29) is 10.8 Å². The molecule has 22 heavy (non-hydrogen) atoms. The van der Waals surface area contributed by atoms with Crippen LogP contribution in [0.3, 0.4) is 0 Å². The SMILES string of the molecule is C=CCNC(=O)CCCCCCNS(=O)(=O)c1ccccc1. The molecule has 1 aromatic rings. The second-order valence-electron chi connectivity index (χ2n) is 4.97. The Balaban J connectivity index is 2.11. The molecule has 0 radical (unpaired) electrons. The van der Waals surface area contributed by atoms with Crippen molar-refractivity contribution in [3.05, 3.63) is 43.0 Å². The van der Waals surface area contributed by atoms with Crippen molar-refractivity contribution in [2.24, 2.45) is 0 Å². The molecule has 1 rings (SSSR count). The first kappa shape index (κ1) is 18.4. The van der Waals surface area contributed by atoms with Crippen LogP contribution in [0.25, 0.3) is 0 Å². The molecular formula is C16H24N2O3S. The molecule has 122 valence electrons. The molecule has 5 nitrogen and oxygen atoms in total. The Kier molecular flexibility index (Phi) is 8.47. The van der Waals surface area contributed by atoms with Crippen LogP contribution in [-0.2, 0) is 14.8 Å². The van der Waals surface area contributed by atoms with Gasteiger partial charge in [0, 0.05) is 19.5 Å². The van der Waals surface area contributed by atoms with Crippen molar-refractivity contribution in [3.8, 4) is 0 Å². The lowest BCUT2D eigenvalue weighted by atomic mass is 10.1. The van der Waals surface area contributed by atoms with Gasteiger partial charge in [-0.1, -0.05) is 37.1 Å². The van der Waals surface area contributed by atoms with Gasteiger partial charge in [0.2, 0.25) is 15.9 Å². The zero-order valence-electron chi connectivity index (χ0n) is 12.8. The summed E-state index contributed by atoms with van der Waals surface area (Å²) >= 11 is 0. The number of sulfonamides is 1. The van der Waals surface area contributed by atoms with Crippen LogP contribution in [0.4, 0.5) is 0 Å². The Morgan fingerprint density at radius 1 is 1.09 bits per heavy atom. The third kappa shape index (κ3) is 7.38. The van der Waals surface area contributed by atoms with E-state index in [2.05, 4.69) is 16.6 Å². The Bertz CT molecular complexity index is 556. The lowest BCUT2D eigenvalue weighted by Gasteiger charge is -2.06. The van der Waals surface area contributed by atoms with Gasteiger partial charge in [-0.15, -0.1) is 6.58 Å². The minimum atomic E-state index is -3.40. The van der Waals surface area contributed by atoms with Gasteiger partial charge in [0.25, 0.3) is 0 Å². The molecule has 0 atom stereocenters. The third-order valence-corrected chi connectivity index (χ3v) is 4.60. The highest BCUT2D eigenvalue weighted by atomic mass is 32.2. The van der Waals surface area contributed by atoms with Crippen molar-refractivity contribution < 1.29 is 13.2 Å². The van der Waals surface area contributed by atoms with Gasteiger partial charge in [0.1, 0.15) is 0 Å². The number of carbonyl (C=O) groups excluding carboxylic acids is 1. The summed E-state index contributed by atoms with van der Waals surface area (Å²) in [6.07, 6.45) is 5.54. The van der Waals surface area contributed by atoms with Crippen molar-refractivity contribution in [2.45, 2.75) is 37.0 Å². The fraction of sp³-hybridized carbons (Fsp3) is 0.438. The molecule has 0 saturated carbocycles. The molecule has 0 heterocycles. The van der Waals surface area contributed by atoms with Gasteiger partial charge in [0.15, 0.2) is 0 Å². The minimum Gasteiger partial charge on any atom is -0.353 e. The number of benzene rings is 1. The van der Waals surface area contributed by atoms with Gasteiger partial charge in [-0.25, -0.2) is 13.1 Å². The van der Waals surface area contributed by atoms with Gasteiger partial charge >= 0.3 is 0 Å². The number of amides is 1. The Morgan fingerprint density at radius 2 is 1.77 bits per heavy atom. The van der Waals surface area contributed by atoms with E-state index in [1.54, 1.807) is 36.4 Å². The molecule has 0 aliphatic carbocycles. The summed E-state index contributed by atoms with van der Waals surface area (Å²) in [6, 6.07) is 8.33. The largest absolute Gasteiger partial charge is 0.353 e. The van der Waals surface area contributed by atoms with E-state index >= 15 is 0 Å². The predicted molar refractivity (Wildman–Crippen MR) is 87.9 cm³/mol. The number of nitrogens with one attached hydrogen (secondary N) is 2. The number of carbonyl (C=O) groups is 1. The number of hydrogen-bond donors (Lipinski definition) is 2. The number of unbranched alkanes of at least 4 members (excludes halogenated alkanes) is 3. The van der Waals surface area contributed by atoms with Crippen molar-refractivity contribution in [1.29, 1.82) is 0 Å². The van der Waals surface area contributed by atoms with Crippen molar-refractivity contribution in [1.82, 2.24) is 10.0 Å². The van der Waals surface area contributed by atoms with Crippen LogP contribution >= 0.6 is 0 Å². The molecule has 0 spiro atoms. The topological polar surface area (TPSA) is 75.3 Å². The summed E-state index contributed by atoms with van der Waals surface area (Å²) in [4.78, 5) is 11.6. The maximum Gasteiger partial charge on any atom is 0.240 e. The highest BCUT2D eigenvalue weighted by molar-refractivity contribution is 7.89. The second-order valence-corrected chi connectivity index (χ2v) is 6.73. The molecule has 0 aromatic heterocycles. The summed E-state index contributed by atoms with van der Waals surface area (Å²) in [5, 5.41) is 2.72. The summed E-state index contributed by atoms with van der Waals surface area (Å²) in [5.74, 6) is 0.0321. The summed E-state index contributed by atoms with van der Waals surface area (Å²) in [6.45, 7) is 4.45. The van der Waals surface area contributed by atoms with Crippen LogP contribution in [-0.4, -0.2) is 27.4 Å². The lowest BCUT2D eigenvalue weighted by molar-refractivity contribution is -0.121. The van der Waals surface area contributed by atoms with E-state index in [1.165, 1.54) is 0 Å². The molecule has 0 aliphatic rings. The maximum atomic E-state index is 11.9. The van der Waals surface area contributed by atoms with E-state index in [0.29, 0.717) is 19.5 Å². The van der Waals surface area contributed by atoms with Gasteiger partial charge in [0.05, 0.1) is 4.90 Å². The Morgan fingerprint density at radius 3 is 2.45 bits per heavy atom. The van der Waals surface area contributed by atoms with Gasteiger partial charge in [-0.2, -0.15) is 0 Å². The quantitative estimate of drug-likeness (QED) is 0.484. The Labute approximate surface area is 132 Å². The van der Waals surface area contributed by atoms with Crippen molar-refractivity contribution in [2.75, 3.05) is 13.1 Å². The first-order chi connectivity index (χ1) is 10.6. The van der Waals surface area contributed by atoms with Gasteiger partial charge < -0.3 is 5.32 Å². The van der Waals surface area contributed by atoms with Crippen molar-refractivity contribution >= 4 is 15.9 Å². The molecule has 0 unspecified atom stereocenters. The van der Waals surface area contributed by atoms with Crippen LogP contribution < -0.4 is 10.0 Å². The number of rotatable bonds is 11. The molecule has 6 heteroatoms. The van der Waals surface area contributed by atoms with Crippen LogP contribution in [0.1, 0.15) is 32.1 Å². The predicted octanol–water partition coefficient (Wildman–Crippen LogP) is 2.22. The zero-order chi connectivity index (χ0) is 16.3. The Hall–Kier alpha value is -1.66. The van der Waals surface area contributed by atoms with E-state index in [4.69, 9.17) is 0 Å². The lowest BCUT2D eigenvalue weighted by Crippen LogP contribution is -2.24. The first-order valence-electron chi connectivity index (χ1n) is 7.48. The smallest absolute Gasteiger partial charge is 0.240 e. The van der Waals surface area contributed by atoms with E-state index < -0.39 is 10.0 Å². The molecule has 2 N–H and O–H groups in total. The average molecular weight is 324 g/mol. The summed E-state index contributed by atoms with van der Waals surface area (Å²) in [7, 11) is -3.40. The van der Waals surface area contributed by atoms with Gasteiger partial charge in [-0.3, -0.25) is 4.79 Å². The van der Waals surface area contributed by atoms with Crippen molar-refractivity contribution in [3.63, 3.8) is 0 Å². The molecule has 0 saturated heterocycles. The first-order valence-corrected chi connectivity index (χ1v) is 8.97. The van der Waals surface area contributed by atoms with E-state index in [0.717, 1.165) is 25.7 Å². The van der Waals surface area contributed by atoms with E-state index in [1.807, 2.05) is 0 Å². The highest BCUT2D eigenvalue weighted by Crippen LogP contribution is 2.08. The molecule has 0 aliphatic heterocycles. The third-order valence-electron chi connectivity index (χ3n) is 3.12. The highest BCUT2D eigenvalue weighted by Gasteiger charge is 2.11. The normalized spacial score (nSPS) is 11.1. The fourth-order valence-electron chi connectivity index (χ4n) is 1.93. The average Bonchev–Trinajstić information content (AvgIpc) is 2.52. The maximum absolute atomic E-state index is 11.9. The molecule has 0 fully saturated rings. The van der Waals surface area contributed by atoms with E-state index in [9.17, 15) is 13.2 Å². The van der Waals surface area contributed by atoms with Crippen LogP contribution in [0.5, 0.6) is 0 Å². The monoisotopic (exact) mass is 324 g/mol. The minimum absolute atomic E-state index is 0.0321. The van der Waals surface area contributed by atoms with Crippen LogP contribution in [0.2, 0.25) is 0 Å². The molecule has 0 bridgehead atoms. The molecule has 1 amide bonds. The fourth-order valence-corrected chi connectivity index (χ4v) is 3.02. The zero-order valence-corrected chi connectivity index (χ0v) is 13.6. The van der Waals surface area contributed by atoms with Crippen LogP contribution in [0.15, 0.2) is 47.9 Å². The molecule has 1 aromatic carbocycles. The standard InChI is InChI=1S/C16H24N2O3S/c1-2-13-17-16(19)12-8-3-4-9-14-18-22(20,21)15-10-6-5-7-11-15/h2,5-7,10-11,18H,1,3-4,8-9,12-14H2,(H,17,19). The number of hydrogen-bond acceptors (Lipinski definition) is 3. The van der Waals surface area contributed by atoms with Gasteiger partial charge in [-0.05, 0) is 25.0 Å².